The molecule has 0 aromatic rings. The minimum Gasteiger partial charge on any atom is -0.390 e. The summed E-state index contributed by atoms with van der Waals surface area (Å²) in [6, 6.07) is -0.685. The van der Waals surface area contributed by atoms with Gasteiger partial charge in [0.1, 0.15) is 37.1 Å². The molecule has 8 atom stereocenters. The first-order chi connectivity index (χ1) is 17.7. The second kappa shape index (κ2) is 20.4. The van der Waals surface area contributed by atoms with Crippen molar-refractivity contribution in [2.75, 3.05) is 18.1 Å². The number of unbranched alkanes of at least 4 members (excludes halogenated alkanes) is 11. The van der Waals surface area contributed by atoms with E-state index >= 15 is 0 Å². The Balaban J connectivity index is 2.22. The van der Waals surface area contributed by atoms with Crippen LogP contribution in [0.5, 0.6) is 0 Å². The minimum atomic E-state index is -1.50. The third-order valence-corrected chi connectivity index (χ3v) is 7.95. The molecule has 1 aliphatic rings. The number of primary amides is 1. The lowest BCUT2D eigenvalue weighted by molar-refractivity contribution is -0.455. The smallest absolute Gasteiger partial charge is 0.227 e. The second-order valence-electron chi connectivity index (χ2n) is 10.3. The molecular formula is C26H53N2O8S+. The lowest BCUT2D eigenvalue weighted by Crippen LogP contribution is -2.71. The van der Waals surface area contributed by atoms with Gasteiger partial charge < -0.3 is 46.5 Å². The molecule has 1 aliphatic heterocycles. The van der Waals surface area contributed by atoms with Crippen molar-refractivity contribution in [3.63, 3.8) is 0 Å². The first kappa shape index (κ1) is 34.5. The number of carbonyl (C=O) groups excluding carboxylic acids is 1. The number of quaternary nitrogens is 1. The van der Waals surface area contributed by atoms with Crippen molar-refractivity contribution in [2.45, 2.75) is 139 Å². The van der Waals surface area contributed by atoms with Gasteiger partial charge in [-0.3, -0.25) is 4.79 Å². The van der Waals surface area contributed by atoms with E-state index in [-0.39, 0.29) is 18.1 Å². The lowest BCUT2D eigenvalue weighted by Gasteiger charge is -2.40. The number of carbonyl (C=O) groups is 1. The van der Waals surface area contributed by atoms with E-state index < -0.39 is 54.9 Å². The fourth-order valence-electron chi connectivity index (χ4n) is 4.46. The molecule has 0 saturated carbocycles. The van der Waals surface area contributed by atoms with Gasteiger partial charge in [-0.25, -0.2) is 0 Å². The summed E-state index contributed by atoms with van der Waals surface area (Å²) in [5.41, 5.74) is 8.97. The quantitative estimate of drug-likeness (QED) is 0.0933. The van der Waals surface area contributed by atoms with Crippen LogP contribution in [0.3, 0.4) is 0 Å². The molecule has 0 bridgehead atoms. The first-order valence-corrected chi connectivity index (χ1v) is 15.2. The van der Waals surface area contributed by atoms with E-state index in [1.165, 1.54) is 57.8 Å². The largest absolute Gasteiger partial charge is 0.390 e. The van der Waals surface area contributed by atoms with Gasteiger partial charge in [0.05, 0.1) is 18.0 Å². The van der Waals surface area contributed by atoms with Gasteiger partial charge in [-0.05, 0) is 6.42 Å². The fraction of sp³-hybridized carbons (Fsp3) is 0.962. The number of hydrogen-bond acceptors (Lipinski definition) is 9. The average molecular weight is 554 g/mol. The summed E-state index contributed by atoms with van der Waals surface area (Å²) in [4.78, 5) is 10.9. The van der Waals surface area contributed by atoms with Gasteiger partial charge in [0, 0.05) is 5.75 Å². The topological polar surface area (TPSA) is 190 Å². The Hall–Kier alpha value is -0.500. The Bertz CT molecular complexity index is 591. The molecule has 1 fully saturated rings. The van der Waals surface area contributed by atoms with Crippen LogP contribution in [0.1, 0.15) is 90.4 Å². The van der Waals surface area contributed by atoms with Crippen LogP contribution in [0.2, 0.25) is 0 Å². The monoisotopic (exact) mass is 553 g/mol. The van der Waals surface area contributed by atoms with E-state index in [9.17, 15) is 30.3 Å². The Morgan fingerprint density at radius 3 is 2.00 bits per heavy atom. The van der Waals surface area contributed by atoms with Crippen LogP contribution in [-0.4, -0.2) is 98.5 Å². The van der Waals surface area contributed by atoms with Gasteiger partial charge in [0.15, 0.2) is 6.29 Å². The molecule has 0 spiro atoms. The van der Waals surface area contributed by atoms with Crippen LogP contribution in [-0.2, 0) is 14.3 Å². The molecule has 11 heteroatoms. The van der Waals surface area contributed by atoms with Crippen LogP contribution in [0.15, 0.2) is 0 Å². The molecule has 2 unspecified atom stereocenters. The zero-order valence-electron chi connectivity index (χ0n) is 22.6. The maximum Gasteiger partial charge on any atom is 0.227 e. The highest BCUT2D eigenvalue weighted by molar-refractivity contribution is 7.99. The molecule has 37 heavy (non-hydrogen) atoms. The minimum absolute atomic E-state index is 0.0288. The number of amides is 1. The molecule has 1 heterocycles. The highest BCUT2D eigenvalue weighted by atomic mass is 32.2. The van der Waals surface area contributed by atoms with Gasteiger partial charge in [0.2, 0.25) is 5.91 Å². The summed E-state index contributed by atoms with van der Waals surface area (Å²) >= 11 is 1.14. The predicted molar refractivity (Wildman–Crippen MR) is 144 cm³/mol. The highest BCUT2D eigenvalue weighted by Crippen LogP contribution is 2.25. The summed E-state index contributed by atoms with van der Waals surface area (Å²) in [7, 11) is 0. The summed E-state index contributed by atoms with van der Waals surface area (Å²) in [5, 5.41) is 51.3. The summed E-state index contributed by atoms with van der Waals surface area (Å²) < 4.78 is 11.1. The highest BCUT2D eigenvalue weighted by Gasteiger charge is 2.44. The van der Waals surface area contributed by atoms with Crippen LogP contribution in [0, 0.1) is 0 Å². The van der Waals surface area contributed by atoms with Crippen LogP contribution < -0.4 is 11.5 Å². The summed E-state index contributed by atoms with van der Waals surface area (Å²) in [6.45, 7) is 2.11. The third kappa shape index (κ3) is 14.5. The summed E-state index contributed by atoms with van der Waals surface area (Å²) in [6.07, 6.45) is 6.65. The van der Waals surface area contributed by atoms with E-state index in [2.05, 4.69) is 12.7 Å². The van der Waals surface area contributed by atoms with Gasteiger partial charge in [-0.2, -0.15) is 0 Å². The third-order valence-electron chi connectivity index (χ3n) is 6.90. The standard InChI is InChI=1S/C26H52N2O8S/c1-2-3-4-5-6-7-8-9-10-11-12-13-14-19(29)22(31)18(27)15-35-26-25(34)24(33)23(32)20(36-26)16-37-17-21(28)30/h18-20,22-26,29,31-34H,2-17,27H2,1H3,(H2,28,30)/p+1/t18-,19+,20?,22-,23-,24-,25?,26-/m0/s1. The van der Waals surface area contributed by atoms with Crippen molar-refractivity contribution in [3.05, 3.63) is 0 Å². The Kier molecular flexibility index (Phi) is 19.0. The number of aliphatic hydroxyl groups is 5. The van der Waals surface area contributed by atoms with Crippen molar-refractivity contribution < 1.29 is 45.5 Å². The number of thioether (sulfide) groups is 1. The maximum atomic E-state index is 10.9. The Labute approximate surface area is 226 Å². The average Bonchev–Trinajstić information content (AvgIpc) is 2.87. The maximum absolute atomic E-state index is 10.9. The van der Waals surface area contributed by atoms with E-state index in [0.717, 1.165) is 31.0 Å². The van der Waals surface area contributed by atoms with Gasteiger partial charge >= 0.3 is 0 Å². The Morgan fingerprint density at radius 2 is 1.46 bits per heavy atom. The molecule has 1 amide bonds. The molecule has 10 N–H and O–H groups in total. The molecule has 1 saturated heterocycles. The van der Waals surface area contributed by atoms with Crippen molar-refractivity contribution in [2.24, 2.45) is 5.73 Å². The van der Waals surface area contributed by atoms with Gasteiger partial charge in [-0.1, -0.05) is 84.0 Å². The van der Waals surface area contributed by atoms with Crippen molar-refractivity contribution in [1.29, 1.82) is 0 Å². The fourth-order valence-corrected chi connectivity index (χ4v) is 5.29. The number of nitrogens with two attached hydrogens (primary N) is 1. The molecule has 0 radical (unpaired) electrons. The second-order valence-corrected chi connectivity index (χ2v) is 11.4. The molecule has 0 aliphatic carbocycles. The van der Waals surface area contributed by atoms with E-state index in [1.54, 1.807) is 0 Å². The SMILES string of the molecule is CCCCCCCCCCCCCC[C@@H](O)[C@@H](O)[C@@H]([NH3+])CO[C@H]1OC(CSCC(N)=O)[C@H](O)[C@H](O)C1O. The molecule has 0 aromatic carbocycles. The van der Waals surface area contributed by atoms with Crippen molar-refractivity contribution >= 4 is 17.7 Å². The van der Waals surface area contributed by atoms with E-state index in [1.807, 2.05) is 0 Å². The first-order valence-electron chi connectivity index (χ1n) is 14.1. The zero-order chi connectivity index (χ0) is 27.6. The summed E-state index contributed by atoms with van der Waals surface area (Å²) in [5.74, 6) is -0.317. The zero-order valence-corrected chi connectivity index (χ0v) is 23.4. The lowest BCUT2D eigenvalue weighted by atomic mass is 9.99. The number of hydrogen-bond donors (Lipinski definition) is 7. The number of rotatable bonds is 22. The Morgan fingerprint density at radius 1 is 0.919 bits per heavy atom. The molecule has 0 aromatic heterocycles. The molecule has 220 valence electrons. The molecular weight excluding hydrogens is 500 g/mol. The number of ether oxygens (including phenoxy) is 2. The molecule has 10 nitrogen and oxygen atoms in total. The van der Waals surface area contributed by atoms with Crippen LogP contribution in [0.25, 0.3) is 0 Å². The van der Waals surface area contributed by atoms with Crippen molar-refractivity contribution in [1.82, 2.24) is 0 Å². The van der Waals surface area contributed by atoms with Gasteiger partial charge in [-0.15, -0.1) is 11.8 Å². The van der Waals surface area contributed by atoms with Crippen LogP contribution in [0.4, 0.5) is 0 Å². The number of aliphatic hydroxyl groups excluding tert-OH is 5. The van der Waals surface area contributed by atoms with Crippen molar-refractivity contribution in [3.8, 4) is 0 Å². The van der Waals surface area contributed by atoms with Gasteiger partial charge in [0.25, 0.3) is 0 Å². The molecule has 1 rings (SSSR count). The van der Waals surface area contributed by atoms with E-state index in [0.29, 0.717) is 6.42 Å². The predicted octanol–water partition coefficient (Wildman–Crippen LogP) is 0.453. The normalized spacial score (nSPS) is 26.6. The van der Waals surface area contributed by atoms with E-state index in [4.69, 9.17) is 15.2 Å². The van der Waals surface area contributed by atoms with Crippen LogP contribution >= 0.6 is 11.8 Å².